The van der Waals surface area contributed by atoms with E-state index in [4.69, 9.17) is 10.5 Å². The molecule has 3 N–H and O–H groups in total. The van der Waals surface area contributed by atoms with Gasteiger partial charge in [-0.3, -0.25) is 19.1 Å². The molecule has 0 spiro atoms. The van der Waals surface area contributed by atoms with Gasteiger partial charge in [0.1, 0.15) is 11.4 Å². The fourth-order valence-electron chi connectivity index (χ4n) is 2.12. The van der Waals surface area contributed by atoms with E-state index in [2.05, 4.69) is 4.98 Å². The number of nitrogens with zero attached hydrogens (tertiary/aromatic N) is 1. The Bertz CT molecular complexity index is 840. The van der Waals surface area contributed by atoms with Crippen molar-refractivity contribution >= 4 is 23.4 Å². The van der Waals surface area contributed by atoms with Crippen LogP contribution in [-0.4, -0.2) is 34.8 Å². The first-order valence-corrected chi connectivity index (χ1v) is 8.26. The third-order valence-electron chi connectivity index (χ3n) is 3.43. The van der Waals surface area contributed by atoms with Crippen LogP contribution >= 0.6 is 11.8 Å². The smallest absolute Gasteiger partial charge is 0.330 e. The van der Waals surface area contributed by atoms with Crippen molar-refractivity contribution in [2.75, 3.05) is 25.2 Å². The van der Waals surface area contributed by atoms with Gasteiger partial charge in [0, 0.05) is 12.0 Å². The second-order valence-electron chi connectivity index (χ2n) is 5.19. The monoisotopic (exact) mass is 349 g/mol. The summed E-state index contributed by atoms with van der Waals surface area (Å²) < 4.78 is 6.04. The molecule has 0 bridgehead atoms. The van der Waals surface area contributed by atoms with Crippen LogP contribution in [0.5, 0.6) is 0 Å². The summed E-state index contributed by atoms with van der Waals surface area (Å²) in [6.45, 7) is 2.37. The Morgan fingerprint density at radius 1 is 1.29 bits per heavy atom. The fourth-order valence-corrected chi connectivity index (χ4v) is 2.89. The number of aryl methyl sites for hydroxylation is 1. The normalized spacial score (nSPS) is 10.8. The van der Waals surface area contributed by atoms with Crippen molar-refractivity contribution < 1.29 is 9.53 Å². The number of carbonyl (C=O) groups is 1. The number of hydrogen-bond acceptors (Lipinski definition) is 6. The van der Waals surface area contributed by atoms with E-state index in [0.717, 1.165) is 15.0 Å². The number of methoxy groups -OCH3 is 1. The number of carbonyl (C=O) groups excluding carboxylic acids is 1. The number of aromatic nitrogens is 2. The summed E-state index contributed by atoms with van der Waals surface area (Å²) in [5, 5.41) is 0. The van der Waals surface area contributed by atoms with Crippen LogP contribution < -0.4 is 17.0 Å². The summed E-state index contributed by atoms with van der Waals surface area (Å²) in [7, 11) is 1.48. The Morgan fingerprint density at radius 2 is 1.96 bits per heavy atom. The highest BCUT2D eigenvalue weighted by Gasteiger charge is 2.19. The van der Waals surface area contributed by atoms with Gasteiger partial charge in [0.25, 0.3) is 5.56 Å². The highest BCUT2D eigenvalue weighted by Crippen LogP contribution is 2.20. The first-order valence-electron chi connectivity index (χ1n) is 7.28. The average Bonchev–Trinajstić information content (AvgIpc) is 2.54. The van der Waals surface area contributed by atoms with Crippen LogP contribution in [0.3, 0.4) is 0 Å². The Kier molecular flexibility index (Phi) is 5.99. The molecule has 0 saturated carbocycles. The number of anilines is 1. The third kappa shape index (κ3) is 4.15. The van der Waals surface area contributed by atoms with Crippen LogP contribution in [0.2, 0.25) is 0 Å². The summed E-state index contributed by atoms with van der Waals surface area (Å²) in [5.74, 6) is -0.500. The molecule has 0 radical (unpaired) electrons. The summed E-state index contributed by atoms with van der Waals surface area (Å²) in [6.07, 6.45) is 0. The van der Waals surface area contributed by atoms with Gasteiger partial charge >= 0.3 is 5.69 Å². The predicted octanol–water partition coefficient (Wildman–Crippen LogP) is 1.05. The van der Waals surface area contributed by atoms with Crippen molar-refractivity contribution in [1.82, 2.24) is 9.55 Å². The molecule has 0 aliphatic heterocycles. The summed E-state index contributed by atoms with van der Waals surface area (Å²) in [4.78, 5) is 39.2. The Labute approximate surface area is 142 Å². The van der Waals surface area contributed by atoms with Gasteiger partial charge in [0.05, 0.1) is 18.9 Å². The standard InChI is InChI=1S/C16H19N3O4S/c1-10-3-5-11(6-4-10)24-9-12(20)13-14(17)19(7-8-23-2)16(22)18-15(13)21/h3-6H,7-9,17H2,1-2H3,(H,18,21,22). The quantitative estimate of drug-likeness (QED) is 0.571. The molecule has 0 atom stereocenters. The van der Waals surface area contributed by atoms with Crippen molar-refractivity contribution in [3.63, 3.8) is 0 Å². The van der Waals surface area contributed by atoms with E-state index >= 15 is 0 Å². The molecule has 128 valence electrons. The third-order valence-corrected chi connectivity index (χ3v) is 4.44. The van der Waals surface area contributed by atoms with Gasteiger partial charge in [-0.25, -0.2) is 4.79 Å². The first-order chi connectivity index (χ1) is 11.4. The topological polar surface area (TPSA) is 107 Å². The second kappa shape index (κ2) is 7.98. The van der Waals surface area contributed by atoms with Gasteiger partial charge in [-0.15, -0.1) is 11.8 Å². The number of ether oxygens (including phenoxy) is 1. The number of thioether (sulfide) groups is 1. The molecule has 2 aromatic rings. The molecular weight excluding hydrogens is 330 g/mol. The average molecular weight is 349 g/mol. The van der Waals surface area contributed by atoms with E-state index in [1.54, 1.807) is 0 Å². The van der Waals surface area contributed by atoms with E-state index in [-0.39, 0.29) is 30.3 Å². The predicted molar refractivity (Wildman–Crippen MR) is 93.8 cm³/mol. The Hall–Kier alpha value is -2.32. The lowest BCUT2D eigenvalue weighted by Crippen LogP contribution is -2.37. The fraction of sp³-hybridized carbons (Fsp3) is 0.312. The maximum absolute atomic E-state index is 12.4. The Morgan fingerprint density at radius 3 is 2.58 bits per heavy atom. The maximum Gasteiger partial charge on any atom is 0.330 e. The van der Waals surface area contributed by atoms with Crippen LogP contribution in [-0.2, 0) is 11.3 Å². The molecule has 1 aromatic carbocycles. The molecule has 1 heterocycles. The van der Waals surface area contributed by atoms with E-state index in [0.29, 0.717) is 0 Å². The molecule has 1 aromatic heterocycles. The molecule has 0 unspecified atom stereocenters. The van der Waals surface area contributed by atoms with Gasteiger partial charge < -0.3 is 10.5 Å². The zero-order valence-electron chi connectivity index (χ0n) is 13.5. The lowest BCUT2D eigenvalue weighted by molar-refractivity contribution is 0.102. The van der Waals surface area contributed by atoms with Crippen molar-refractivity contribution in [3.8, 4) is 0 Å². The number of nitrogens with one attached hydrogen (secondary N) is 1. The zero-order chi connectivity index (χ0) is 17.7. The van der Waals surface area contributed by atoms with E-state index in [1.165, 1.54) is 18.9 Å². The molecule has 2 rings (SSSR count). The minimum atomic E-state index is -0.763. The minimum Gasteiger partial charge on any atom is -0.384 e. The summed E-state index contributed by atoms with van der Waals surface area (Å²) in [5.41, 5.74) is 5.39. The van der Waals surface area contributed by atoms with Gasteiger partial charge in [-0.2, -0.15) is 0 Å². The molecule has 24 heavy (non-hydrogen) atoms. The number of aromatic amines is 1. The lowest BCUT2D eigenvalue weighted by Gasteiger charge is -2.11. The van der Waals surface area contributed by atoms with Crippen molar-refractivity contribution in [3.05, 3.63) is 56.2 Å². The summed E-state index contributed by atoms with van der Waals surface area (Å²) in [6, 6.07) is 7.69. The van der Waals surface area contributed by atoms with Crippen molar-refractivity contribution in [2.45, 2.75) is 18.4 Å². The molecule has 0 aliphatic rings. The molecular formula is C16H19N3O4S. The first kappa shape index (κ1) is 18.0. The van der Waals surface area contributed by atoms with Gasteiger partial charge in [0.2, 0.25) is 0 Å². The van der Waals surface area contributed by atoms with Crippen molar-refractivity contribution in [1.29, 1.82) is 0 Å². The largest absolute Gasteiger partial charge is 0.384 e. The molecule has 0 amide bonds. The second-order valence-corrected chi connectivity index (χ2v) is 6.24. The molecule has 7 nitrogen and oxygen atoms in total. The van der Waals surface area contributed by atoms with Gasteiger partial charge in [0.15, 0.2) is 5.78 Å². The highest BCUT2D eigenvalue weighted by atomic mass is 32.2. The Balaban J connectivity index is 2.23. The van der Waals surface area contributed by atoms with Crippen molar-refractivity contribution in [2.24, 2.45) is 0 Å². The van der Waals surface area contributed by atoms with Gasteiger partial charge in [-0.1, -0.05) is 17.7 Å². The number of nitrogens with two attached hydrogens (primary N) is 1. The van der Waals surface area contributed by atoms with Crippen LogP contribution in [0.1, 0.15) is 15.9 Å². The number of rotatable bonds is 7. The zero-order valence-corrected chi connectivity index (χ0v) is 14.3. The molecule has 8 heteroatoms. The van der Waals surface area contributed by atoms with E-state index < -0.39 is 17.0 Å². The molecule has 0 fully saturated rings. The SMILES string of the molecule is COCCn1c(N)c(C(=O)CSc2ccc(C)cc2)c(=O)[nH]c1=O. The van der Waals surface area contributed by atoms with Gasteiger partial charge in [-0.05, 0) is 19.1 Å². The maximum atomic E-state index is 12.4. The molecule has 0 saturated heterocycles. The van der Waals surface area contributed by atoms with E-state index in [1.807, 2.05) is 31.2 Å². The lowest BCUT2D eigenvalue weighted by atomic mass is 10.2. The number of benzene rings is 1. The molecule has 0 aliphatic carbocycles. The number of Topliss-reactive ketones (excluding diaryl/α,β-unsaturated/α-hetero) is 1. The highest BCUT2D eigenvalue weighted by molar-refractivity contribution is 8.00. The summed E-state index contributed by atoms with van der Waals surface area (Å²) >= 11 is 1.31. The number of H-pyrrole nitrogens is 1. The van der Waals surface area contributed by atoms with Crippen LogP contribution in [0, 0.1) is 6.92 Å². The van der Waals surface area contributed by atoms with Crippen LogP contribution in [0.25, 0.3) is 0 Å². The minimum absolute atomic E-state index is 0.0544. The number of ketones is 1. The van der Waals surface area contributed by atoms with E-state index in [9.17, 15) is 14.4 Å². The van der Waals surface area contributed by atoms with Crippen LogP contribution in [0.4, 0.5) is 5.82 Å². The number of nitrogen functional groups attached to an aromatic ring is 1. The van der Waals surface area contributed by atoms with Crippen LogP contribution in [0.15, 0.2) is 38.8 Å². The number of hydrogen-bond donors (Lipinski definition) is 2.